The molecular formula is C28H27N3O4. The number of rotatable bonds is 5. The van der Waals surface area contributed by atoms with Crippen molar-refractivity contribution in [2.24, 2.45) is 0 Å². The predicted molar refractivity (Wildman–Crippen MR) is 132 cm³/mol. The van der Waals surface area contributed by atoms with Crippen LogP contribution in [-0.4, -0.2) is 34.7 Å². The molecule has 6 rings (SSSR count). The maximum atomic E-state index is 12.8. The van der Waals surface area contributed by atoms with Crippen molar-refractivity contribution >= 4 is 17.7 Å². The molecule has 0 unspecified atom stereocenters. The number of nitrogens with one attached hydrogen (secondary N) is 1. The van der Waals surface area contributed by atoms with Crippen molar-refractivity contribution in [3.63, 3.8) is 0 Å². The number of ether oxygens (including phenoxy) is 1. The first-order valence-corrected chi connectivity index (χ1v) is 12.2. The molecule has 0 spiro atoms. The summed E-state index contributed by atoms with van der Waals surface area (Å²) in [6.45, 7) is 0.00292. The van der Waals surface area contributed by atoms with E-state index in [4.69, 9.17) is 9.72 Å². The first-order valence-electron chi connectivity index (χ1n) is 12.2. The summed E-state index contributed by atoms with van der Waals surface area (Å²) in [5.74, 6) is 0.468. The fourth-order valence-electron chi connectivity index (χ4n) is 5.37. The highest BCUT2D eigenvalue weighted by atomic mass is 16.5. The molecule has 2 amide bonds. The Labute approximate surface area is 203 Å². The number of pyridine rings is 1. The monoisotopic (exact) mass is 469 g/mol. The summed E-state index contributed by atoms with van der Waals surface area (Å²) in [4.78, 5) is 30.9. The molecule has 7 nitrogen and oxygen atoms in total. The van der Waals surface area contributed by atoms with Gasteiger partial charge in [0, 0.05) is 17.2 Å². The molecule has 2 fully saturated rings. The average Bonchev–Trinajstić information content (AvgIpc) is 2.82. The minimum atomic E-state index is -1.00. The van der Waals surface area contributed by atoms with Gasteiger partial charge in [0.25, 0.3) is 5.91 Å². The van der Waals surface area contributed by atoms with Gasteiger partial charge in [-0.15, -0.1) is 0 Å². The van der Waals surface area contributed by atoms with Crippen LogP contribution < -0.4 is 15.0 Å². The lowest BCUT2D eigenvalue weighted by Gasteiger charge is -2.42. The molecule has 7 heteroatoms. The van der Waals surface area contributed by atoms with Crippen molar-refractivity contribution in [1.29, 1.82) is 0 Å². The fraction of sp³-hybridized carbons (Fsp3) is 0.321. The molecule has 2 aromatic carbocycles. The lowest BCUT2D eigenvalue weighted by atomic mass is 9.71. The molecule has 178 valence electrons. The second-order valence-electron chi connectivity index (χ2n) is 9.66. The van der Waals surface area contributed by atoms with E-state index in [2.05, 4.69) is 5.32 Å². The van der Waals surface area contributed by atoms with E-state index in [1.165, 1.54) is 0 Å². The number of benzene rings is 2. The third kappa shape index (κ3) is 3.71. The van der Waals surface area contributed by atoms with Crippen molar-refractivity contribution in [3.8, 4) is 28.3 Å². The zero-order valence-corrected chi connectivity index (χ0v) is 19.4. The standard InChI is InChI=1S/C28H27N3O4/c32-24-17-35-26-23(31(24)21-8-4-9-21)16-22(18-6-2-1-3-7-18)25(29-26)19-10-12-20(13-11-19)28(14-5-15-28)30-27(33)34/h1-3,6-7,10-13,16,21,30H,4-5,8-9,14-15,17H2,(H,33,34). The van der Waals surface area contributed by atoms with Crippen LogP contribution in [0.3, 0.4) is 0 Å². The van der Waals surface area contributed by atoms with Crippen molar-refractivity contribution in [2.45, 2.75) is 50.1 Å². The molecule has 0 radical (unpaired) electrons. The van der Waals surface area contributed by atoms with E-state index in [0.717, 1.165) is 72.2 Å². The van der Waals surface area contributed by atoms with E-state index in [0.29, 0.717) is 5.88 Å². The number of aromatic nitrogens is 1. The summed E-state index contributed by atoms with van der Waals surface area (Å²) in [6.07, 6.45) is 4.72. The van der Waals surface area contributed by atoms with Crippen LogP contribution in [0.15, 0.2) is 60.7 Å². The van der Waals surface area contributed by atoms with Crippen molar-refractivity contribution in [2.75, 3.05) is 11.5 Å². The highest BCUT2D eigenvalue weighted by Crippen LogP contribution is 2.45. The van der Waals surface area contributed by atoms with Crippen molar-refractivity contribution in [3.05, 3.63) is 66.2 Å². The number of fused-ring (bicyclic) bond motifs is 1. The van der Waals surface area contributed by atoms with Gasteiger partial charge in [-0.2, -0.15) is 0 Å². The lowest BCUT2D eigenvalue weighted by molar-refractivity contribution is -0.122. The summed E-state index contributed by atoms with van der Waals surface area (Å²) >= 11 is 0. The minimum Gasteiger partial charge on any atom is -0.466 e. The normalized spacial score (nSPS) is 18.6. The second kappa shape index (κ2) is 8.41. The second-order valence-corrected chi connectivity index (χ2v) is 9.66. The van der Waals surface area contributed by atoms with Crippen molar-refractivity contribution < 1.29 is 19.4 Å². The number of carbonyl (C=O) groups excluding carboxylic acids is 1. The topological polar surface area (TPSA) is 91.8 Å². The lowest BCUT2D eigenvalue weighted by Crippen LogP contribution is -2.50. The maximum Gasteiger partial charge on any atom is 0.405 e. The van der Waals surface area contributed by atoms with Gasteiger partial charge in [0.15, 0.2) is 6.61 Å². The van der Waals surface area contributed by atoms with E-state index < -0.39 is 11.6 Å². The van der Waals surface area contributed by atoms with Gasteiger partial charge in [-0.3, -0.25) is 4.79 Å². The predicted octanol–water partition coefficient (Wildman–Crippen LogP) is 5.34. The van der Waals surface area contributed by atoms with Gasteiger partial charge in [0.1, 0.15) is 5.69 Å². The Bertz CT molecular complexity index is 1280. The fourth-order valence-corrected chi connectivity index (χ4v) is 5.37. The largest absolute Gasteiger partial charge is 0.466 e. The van der Waals surface area contributed by atoms with Crippen LogP contribution in [-0.2, 0) is 10.3 Å². The number of carbonyl (C=O) groups is 2. The van der Waals surface area contributed by atoms with E-state index in [1.54, 1.807) is 0 Å². The molecule has 2 heterocycles. The molecule has 0 bridgehead atoms. The Morgan fingerprint density at radius 1 is 1.03 bits per heavy atom. The number of anilines is 1. The van der Waals surface area contributed by atoms with Gasteiger partial charge in [-0.1, -0.05) is 54.6 Å². The molecule has 3 aliphatic rings. The average molecular weight is 470 g/mol. The molecule has 35 heavy (non-hydrogen) atoms. The first kappa shape index (κ1) is 21.6. The van der Waals surface area contributed by atoms with E-state index >= 15 is 0 Å². The van der Waals surface area contributed by atoms with Crippen LogP contribution in [0.4, 0.5) is 10.5 Å². The van der Waals surface area contributed by atoms with Gasteiger partial charge in [-0.05, 0) is 55.7 Å². The number of carboxylic acid groups (broad SMARTS) is 1. The Balaban J connectivity index is 1.44. The smallest absolute Gasteiger partial charge is 0.405 e. The van der Waals surface area contributed by atoms with Gasteiger partial charge in [0.2, 0.25) is 5.88 Å². The van der Waals surface area contributed by atoms with Crippen LogP contribution in [0.1, 0.15) is 44.1 Å². The summed E-state index contributed by atoms with van der Waals surface area (Å²) in [6, 6.07) is 20.3. The van der Waals surface area contributed by atoms with Gasteiger partial charge >= 0.3 is 6.09 Å². The van der Waals surface area contributed by atoms with Crippen molar-refractivity contribution in [1.82, 2.24) is 10.3 Å². The Morgan fingerprint density at radius 2 is 1.77 bits per heavy atom. The third-order valence-corrected chi connectivity index (χ3v) is 7.62. The van der Waals surface area contributed by atoms with Gasteiger partial charge in [0.05, 0.1) is 11.2 Å². The molecular weight excluding hydrogens is 442 g/mol. The molecule has 0 saturated heterocycles. The van der Waals surface area contributed by atoms with Crippen LogP contribution in [0, 0.1) is 0 Å². The molecule has 1 aliphatic heterocycles. The maximum absolute atomic E-state index is 12.8. The van der Waals surface area contributed by atoms with Crippen LogP contribution in [0.25, 0.3) is 22.4 Å². The Morgan fingerprint density at radius 3 is 2.37 bits per heavy atom. The number of hydrogen-bond acceptors (Lipinski definition) is 4. The van der Waals surface area contributed by atoms with Crippen LogP contribution >= 0.6 is 0 Å². The zero-order valence-electron chi connectivity index (χ0n) is 19.4. The van der Waals surface area contributed by atoms with E-state index in [-0.39, 0.29) is 18.6 Å². The SMILES string of the molecule is O=C(O)NC1(c2ccc(-c3nc4c(cc3-c3ccccc3)N(C3CCC3)C(=O)CO4)cc2)CCC1. The molecule has 2 saturated carbocycles. The van der Waals surface area contributed by atoms with Crippen LogP contribution in [0.2, 0.25) is 0 Å². The Kier molecular flexibility index (Phi) is 5.20. The number of nitrogens with zero attached hydrogens (tertiary/aromatic N) is 2. The van der Waals surface area contributed by atoms with Crippen LogP contribution in [0.5, 0.6) is 5.88 Å². The number of amides is 2. The Hall–Kier alpha value is -3.87. The molecule has 0 atom stereocenters. The molecule has 3 aromatic rings. The third-order valence-electron chi connectivity index (χ3n) is 7.62. The first-order chi connectivity index (χ1) is 17.0. The molecule has 2 N–H and O–H groups in total. The summed E-state index contributed by atoms with van der Waals surface area (Å²) in [5.41, 5.74) is 4.83. The zero-order chi connectivity index (χ0) is 24.0. The quantitative estimate of drug-likeness (QED) is 0.526. The number of hydrogen-bond donors (Lipinski definition) is 2. The van der Waals surface area contributed by atoms with E-state index in [9.17, 15) is 14.7 Å². The van der Waals surface area contributed by atoms with Gasteiger partial charge in [-0.25, -0.2) is 9.78 Å². The van der Waals surface area contributed by atoms with E-state index in [1.807, 2.05) is 65.6 Å². The summed E-state index contributed by atoms with van der Waals surface area (Å²) in [5, 5.41) is 12.0. The summed E-state index contributed by atoms with van der Waals surface area (Å²) in [7, 11) is 0. The molecule has 2 aliphatic carbocycles. The van der Waals surface area contributed by atoms with Gasteiger partial charge < -0.3 is 20.1 Å². The molecule has 1 aromatic heterocycles. The highest BCUT2D eigenvalue weighted by Gasteiger charge is 2.40. The minimum absolute atomic E-state index is 0.00292. The highest BCUT2D eigenvalue weighted by molar-refractivity contribution is 6.00. The summed E-state index contributed by atoms with van der Waals surface area (Å²) < 4.78 is 5.81.